The first-order valence-corrected chi connectivity index (χ1v) is 24.9. The molecule has 0 bridgehead atoms. The largest absolute Gasteiger partial charge is 0.258 e. The minimum absolute atomic E-state index is 0.133. The van der Waals surface area contributed by atoms with Crippen molar-refractivity contribution in [3.8, 4) is 45.6 Å². The van der Waals surface area contributed by atoms with E-state index in [4.69, 9.17) is 39.9 Å². The Balaban J connectivity index is 1.34. The molecule has 0 amide bonds. The molecule has 0 fully saturated rings. The summed E-state index contributed by atoms with van der Waals surface area (Å²) in [6, 6.07) is 58.4. The summed E-state index contributed by atoms with van der Waals surface area (Å²) in [6.07, 6.45) is 0.857. The van der Waals surface area contributed by atoms with E-state index in [1.807, 2.05) is 121 Å². The van der Waals surface area contributed by atoms with E-state index in [-0.39, 0.29) is 21.7 Å². The van der Waals surface area contributed by atoms with Gasteiger partial charge in [-0.3, -0.25) is 9.80 Å². The molecule has 9 aromatic rings. The van der Waals surface area contributed by atoms with Crippen LogP contribution in [0.1, 0.15) is 109 Å². The van der Waals surface area contributed by atoms with Gasteiger partial charge in [0.25, 0.3) is 0 Å². The summed E-state index contributed by atoms with van der Waals surface area (Å²) < 4.78 is 0. The molecule has 0 atom stereocenters. The third-order valence-electron chi connectivity index (χ3n) is 14.2. The van der Waals surface area contributed by atoms with Crippen LogP contribution in [0.2, 0.25) is 0 Å². The number of anilines is 4. The van der Waals surface area contributed by atoms with Crippen molar-refractivity contribution < 1.29 is 0 Å². The standard InChI is InChI=1S/C62H60N10/c1-58(2,3)44-31-35-46(36-32-44)62(47-37-33-45(34-38-47)59(4,5)6)71(56-67-50(40-23-15-11-16-24-40)65-51(68-56)41-25-17-12-18-26-41)54-55(64-49-48(63-54)60(7,8)39-61(49,9)10)72(62)57-69-52(42-27-19-13-20-28-42)66-53(70-57)43-29-21-14-22-30-43/h11-38H,39H2,1-10H3. The quantitative estimate of drug-likeness (QED) is 0.146. The van der Waals surface area contributed by atoms with Gasteiger partial charge in [0.1, 0.15) is 0 Å². The molecule has 6 aromatic carbocycles. The van der Waals surface area contributed by atoms with Crippen molar-refractivity contribution in [1.82, 2.24) is 39.9 Å². The Bertz CT molecular complexity index is 3090. The molecule has 10 heteroatoms. The number of rotatable bonds is 8. The van der Waals surface area contributed by atoms with E-state index in [1.54, 1.807) is 0 Å². The highest BCUT2D eigenvalue weighted by molar-refractivity contribution is 5.88. The van der Waals surface area contributed by atoms with Crippen LogP contribution in [-0.4, -0.2) is 39.9 Å². The maximum Gasteiger partial charge on any atom is 0.237 e. The lowest BCUT2D eigenvalue weighted by molar-refractivity contribution is 0.396. The first kappa shape index (κ1) is 46.4. The highest BCUT2D eigenvalue weighted by Crippen LogP contribution is 2.60. The molecule has 72 heavy (non-hydrogen) atoms. The molecule has 0 saturated carbocycles. The Morgan fingerprint density at radius 1 is 0.347 bits per heavy atom. The van der Waals surface area contributed by atoms with E-state index in [0.29, 0.717) is 46.8 Å². The number of hydrogen-bond acceptors (Lipinski definition) is 10. The molecule has 1 aliphatic carbocycles. The number of fused-ring (bicyclic) bond motifs is 2. The first-order valence-electron chi connectivity index (χ1n) is 24.9. The number of aromatic nitrogens is 8. The van der Waals surface area contributed by atoms with Crippen LogP contribution in [0.3, 0.4) is 0 Å². The molecule has 11 rings (SSSR count). The van der Waals surface area contributed by atoms with Crippen LogP contribution in [0.4, 0.5) is 23.5 Å². The van der Waals surface area contributed by atoms with E-state index < -0.39 is 5.66 Å². The third kappa shape index (κ3) is 7.99. The summed E-state index contributed by atoms with van der Waals surface area (Å²) in [5.74, 6) is 4.01. The fourth-order valence-corrected chi connectivity index (χ4v) is 10.7. The van der Waals surface area contributed by atoms with Crippen LogP contribution in [0.25, 0.3) is 45.6 Å². The van der Waals surface area contributed by atoms with Crippen LogP contribution < -0.4 is 9.80 Å². The zero-order valence-electron chi connectivity index (χ0n) is 42.8. The first-order chi connectivity index (χ1) is 34.4. The lowest BCUT2D eigenvalue weighted by atomic mass is 9.82. The molecule has 0 radical (unpaired) electrons. The van der Waals surface area contributed by atoms with Crippen LogP contribution in [0.15, 0.2) is 170 Å². The summed E-state index contributed by atoms with van der Waals surface area (Å²) >= 11 is 0. The summed E-state index contributed by atoms with van der Waals surface area (Å²) in [5, 5.41) is 0. The zero-order valence-corrected chi connectivity index (χ0v) is 42.8. The van der Waals surface area contributed by atoms with Gasteiger partial charge in [0.05, 0.1) is 11.4 Å². The Labute approximate surface area is 423 Å². The predicted octanol–water partition coefficient (Wildman–Crippen LogP) is 14.3. The topological polar surface area (TPSA) is 110 Å². The zero-order chi connectivity index (χ0) is 50.2. The molecule has 358 valence electrons. The van der Waals surface area contributed by atoms with Gasteiger partial charge in [-0.15, -0.1) is 0 Å². The van der Waals surface area contributed by atoms with Gasteiger partial charge in [0.15, 0.2) is 40.6 Å². The van der Waals surface area contributed by atoms with Crippen molar-refractivity contribution in [2.45, 2.75) is 103 Å². The van der Waals surface area contributed by atoms with Crippen LogP contribution >= 0.6 is 0 Å². The minimum atomic E-state index is -1.38. The Kier molecular flexibility index (Phi) is 11.0. The summed E-state index contributed by atoms with van der Waals surface area (Å²) in [5.41, 5.74) is 7.18. The van der Waals surface area contributed by atoms with Gasteiger partial charge in [0, 0.05) is 44.2 Å². The average molecular weight is 945 g/mol. The Morgan fingerprint density at radius 3 is 0.889 bits per heavy atom. The van der Waals surface area contributed by atoms with Gasteiger partial charge in [-0.25, -0.2) is 19.9 Å². The second kappa shape index (κ2) is 17.1. The predicted molar refractivity (Wildman–Crippen MR) is 289 cm³/mol. The van der Waals surface area contributed by atoms with Crippen molar-refractivity contribution in [2.75, 3.05) is 9.80 Å². The van der Waals surface area contributed by atoms with Crippen LogP contribution in [-0.2, 0) is 27.3 Å². The SMILES string of the molecule is CC(C)(C)c1ccc(C2(c3ccc(C(C)(C)C)cc3)N(c3nc(-c4ccccc4)nc(-c4ccccc4)n3)c3nc4c(nc3N2c2nc(-c3ccccc3)nc(-c3ccccc3)n2)C(C)(C)CC4(C)C)cc1. The second-order valence-electron chi connectivity index (χ2n) is 22.5. The summed E-state index contributed by atoms with van der Waals surface area (Å²) in [6.45, 7) is 22.6. The van der Waals surface area contributed by atoms with E-state index >= 15 is 0 Å². The molecule has 4 heterocycles. The van der Waals surface area contributed by atoms with Crippen molar-refractivity contribution >= 4 is 23.5 Å². The highest BCUT2D eigenvalue weighted by Gasteiger charge is 2.60. The number of nitrogens with zero attached hydrogens (tertiary/aromatic N) is 10. The van der Waals surface area contributed by atoms with Crippen molar-refractivity contribution in [3.05, 3.63) is 203 Å². The summed E-state index contributed by atoms with van der Waals surface area (Å²) in [4.78, 5) is 48.8. The molecule has 0 unspecified atom stereocenters. The average Bonchev–Trinajstić information content (AvgIpc) is 3.79. The monoisotopic (exact) mass is 945 g/mol. The van der Waals surface area contributed by atoms with Gasteiger partial charge < -0.3 is 0 Å². The van der Waals surface area contributed by atoms with Gasteiger partial charge in [-0.1, -0.05) is 239 Å². The van der Waals surface area contributed by atoms with Crippen LogP contribution in [0, 0.1) is 0 Å². The molecule has 0 saturated heterocycles. The lowest BCUT2D eigenvalue weighted by Gasteiger charge is -2.44. The molecule has 3 aromatic heterocycles. The highest BCUT2D eigenvalue weighted by atomic mass is 15.6. The minimum Gasteiger partial charge on any atom is -0.258 e. The molecule has 0 N–H and O–H groups in total. The van der Waals surface area contributed by atoms with Crippen molar-refractivity contribution in [3.63, 3.8) is 0 Å². The fourth-order valence-electron chi connectivity index (χ4n) is 10.7. The Morgan fingerprint density at radius 2 is 0.625 bits per heavy atom. The van der Waals surface area contributed by atoms with E-state index in [0.717, 1.165) is 51.2 Å². The van der Waals surface area contributed by atoms with Gasteiger partial charge in [-0.05, 0) is 28.4 Å². The number of benzene rings is 6. The van der Waals surface area contributed by atoms with Gasteiger partial charge in [-0.2, -0.15) is 19.9 Å². The Hall–Kier alpha value is -7.98. The molecule has 0 spiro atoms. The number of hydrogen-bond donors (Lipinski definition) is 0. The van der Waals surface area contributed by atoms with E-state index in [1.165, 1.54) is 11.1 Å². The fraction of sp³-hybridized carbons (Fsp3) is 0.258. The third-order valence-corrected chi connectivity index (χ3v) is 14.2. The summed E-state index contributed by atoms with van der Waals surface area (Å²) in [7, 11) is 0. The maximum absolute atomic E-state index is 5.89. The van der Waals surface area contributed by atoms with Crippen LogP contribution in [0.5, 0.6) is 0 Å². The smallest absolute Gasteiger partial charge is 0.237 e. The molecule has 1 aliphatic heterocycles. The normalized spacial score (nSPS) is 15.6. The van der Waals surface area contributed by atoms with Crippen molar-refractivity contribution in [1.29, 1.82) is 0 Å². The molecule has 2 aliphatic rings. The second-order valence-corrected chi connectivity index (χ2v) is 22.5. The maximum atomic E-state index is 5.89. The van der Waals surface area contributed by atoms with E-state index in [2.05, 4.69) is 128 Å². The molecular weight excluding hydrogens is 885 g/mol. The van der Waals surface area contributed by atoms with Crippen molar-refractivity contribution in [2.24, 2.45) is 0 Å². The molecule has 10 nitrogen and oxygen atoms in total. The lowest BCUT2D eigenvalue weighted by Crippen LogP contribution is -2.53. The molecular formula is C62H60N10. The van der Waals surface area contributed by atoms with E-state index in [9.17, 15) is 0 Å². The van der Waals surface area contributed by atoms with Gasteiger partial charge >= 0.3 is 0 Å². The van der Waals surface area contributed by atoms with Gasteiger partial charge in [0.2, 0.25) is 11.9 Å².